The third-order valence-electron chi connectivity index (χ3n) is 2.56. The number of aromatic nitrogens is 1. The standard InChI is InChI=1S/C13H18ClN5O/c1-9(2)8-19(7-3-6-15)13(20)12-10(14)4-5-11(17-12)18-16/h4-5,9H,3,7-8,16H2,1-2H3,(H,17,18). The minimum absolute atomic E-state index is 0.140. The molecule has 108 valence electrons. The molecule has 0 aliphatic rings. The third kappa shape index (κ3) is 4.37. The molecular weight excluding hydrogens is 278 g/mol. The first-order valence-electron chi connectivity index (χ1n) is 6.29. The van der Waals surface area contributed by atoms with Gasteiger partial charge in [0.1, 0.15) is 11.5 Å². The minimum atomic E-state index is -0.295. The summed E-state index contributed by atoms with van der Waals surface area (Å²) in [5.74, 6) is 5.64. The molecule has 6 nitrogen and oxygen atoms in total. The molecule has 0 saturated carbocycles. The van der Waals surface area contributed by atoms with E-state index in [1.807, 2.05) is 19.9 Å². The van der Waals surface area contributed by atoms with Crippen molar-refractivity contribution >= 4 is 23.3 Å². The molecule has 0 saturated heterocycles. The van der Waals surface area contributed by atoms with Crippen molar-refractivity contribution in [2.75, 3.05) is 18.5 Å². The van der Waals surface area contributed by atoms with Crippen LogP contribution in [0.2, 0.25) is 5.02 Å². The van der Waals surface area contributed by atoms with Crippen molar-refractivity contribution in [1.29, 1.82) is 5.26 Å². The number of nitrogen functional groups attached to an aromatic ring is 1. The topological polar surface area (TPSA) is 95.0 Å². The first-order chi connectivity index (χ1) is 9.49. The van der Waals surface area contributed by atoms with E-state index in [1.165, 1.54) is 0 Å². The number of hydrogen-bond donors (Lipinski definition) is 2. The van der Waals surface area contributed by atoms with Crippen molar-refractivity contribution in [3.05, 3.63) is 22.8 Å². The fraction of sp³-hybridized carbons (Fsp3) is 0.462. The number of hydrazine groups is 1. The number of carbonyl (C=O) groups is 1. The molecular formula is C13H18ClN5O. The van der Waals surface area contributed by atoms with Gasteiger partial charge in [-0.1, -0.05) is 25.4 Å². The van der Waals surface area contributed by atoms with Crippen molar-refractivity contribution in [3.8, 4) is 6.07 Å². The van der Waals surface area contributed by atoms with Crippen LogP contribution in [0.4, 0.5) is 5.82 Å². The summed E-state index contributed by atoms with van der Waals surface area (Å²) in [6.45, 7) is 4.89. The van der Waals surface area contributed by atoms with Gasteiger partial charge < -0.3 is 10.3 Å². The largest absolute Gasteiger partial charge is 0.336 e. The molecule has 0 aromatic carbocycles. The van der Waals surface area contributed by atoms with Crippen LogP contribution in [0.5, 0.6) is 0 Å². The molecule has 0 aliphatic heterocycles. The van der Waals surface area contributed by atoms with E-state index in [-0.39, 0.29) is 29.0 Å². The van der Waals surface area contributed by atoms with E-state index in [4.69, 9.17) is 22.7 Å². The van der Waals surface area contributed by atoms with Gasteiger partial charge in [-0.25, -0.2) is 10.8 Å². The number of nitrogens with zero attached hydrogens (tertiary/aromatic N) is 3. The fourth-order valence-corrected chi connectivity index (χ4v) is 1.91. The molecule has 1 amide bonds. The number of anilines is 1. The lowest BCUT2D eigenvalue weighted by Gasteiger charge is -2.23. The zero-order valence-electron chi connectivity index (χ0n) is 11.6. The highest BCUT2D eigenvalue weighted by atomic mass is 35.5. The minimum Gasteiger partial charge on any atom is -0.336 e. The molecule has 1 rings (SSSR count). The van der Waals surface area contributed by atoms with Crippen molar-refractivity contribution in [2.45, 2.75) is 20.3 Å². The third-order valence-corrected chi connectivity index (χ3v) is 2.87. The molecule has 7 heteroatoms. The average Bonchev–Trinajstić information content (AvgIpc) is 2.43. The maximum atomic E-state index is 12.5. The summed E-state index contributed by atoms with van der Waals surface area (Å²) in [7, 11) is 0. The van der Waals surface area contributed by atoms with Crippen molar-refractivity contribution in [3.63, 3.8) is 0 Å². The van der Waals surface area contributed by atoms with Crippen LogP contribution in [0.15, 0.2) is 12.1 Å². The van der Waals surface area contributed by atoms with Crippen LogP contribution < -0.4 is 11.3 Å². The van der Waals surface area contributed by atoms with Gasteiger partial charge in [0, 0.05) is 13.1 Å². The fourth-order valence-electron chi connectivity index (χ4n) is 1.72. The Morgan fingerprint density at radius 1 is 1.60 bits per heavy atom. The lowest BCUT2D eigenvalue weighted by Crippen LogP contribution is -2.35. The van der Waals surface area contributed by atoms with Gasteiger partial charge in [-0.3, -0.25) is 4.79 Å². The zero-order chi connectivity index (χ0) is 15.1. The van der Waals surface area contributed by atoms with Crippen molar-refractivity contribution in [1.82, 2.24) is 9.88 Å². The zero-order valence-corrected chi connectivity index (χ0v) is 12.3. The van der Waals surface area contributed by atoms with Gasteiger partial charge in [0.05, 0.1) is 17.5 Å². The second-order valence-electron chi connectivity index (χ2n) is 4.72. The number of nitrogens with one attached hydrogen (secondary N) is 1. The molecule has 0 bridgehead atoms. The summed E-state index contributed by atoms with van der Waals surface area (Å²) >= 11 is 6.02. The number of pyridine rings is 1. The van der Waals surface area contributed by atoms with Gasteiger partial charge in [0.2, 0.25) is 0 Å². The molecule has 1 aromatic heterocycles. The summed E-state index contributed by atoms with van der Waals surface area (Å²) in [6, 6.07) is 5.18. The van der Waals surface area contributed by atoms with Crippen LogP contribution in [0, 0.1) is 17.2 Å². The highest BCUT2D eigenvalue weighted by molar-refractivity contribution is 6.33. The Hall–Kier alpha value is -1.84. The van der Waals surface area contributed by atoms with E-state index >= 15 is 0 Å². The smallest absolute Gasteiger partial charge is 0.274 e. The van der Waals surface area contributed by atoms with E-state index in [2.05, 4.69) is 10.4 Å². The maximum absolute atomic E-state index is 12.5. The highest BCUT2D eigenvalue weighted by Gasteiger charge is 2.21. The van der Waals surface area contributed by atoms with Crippen LogP contribution in [0.1, 0.15) is 30.8 Å². The molecule has 1 aromatic rings. The summed E-state index contributed by atoms with van der Waals surface area (Å²) < 4.78 is 0. The van der Waals surface area contributed by atoms with E-state index in [9.17, 15) is 4.79 Å². The van der Waals surface area contributed by atoms with Gasteiger partial charge in [-0.2, -0.15) is 5.26 Å². The number of hydrogen-bond acceptors (Lipinski definition) is 5. The van der Waals surface area contributed by atoms with Crippen LogP contribution in [0.3, 0.4) is 0 Å². The normalized spacial score (nSPS) is 10.2. The molecule has 0 aliphatic carbocycles. The molecule has 1 heterocycles. The van der Waals surface area contributed by atoms with Gasteiger partial charge >= 0.3 is 0 Å². The summed E-state index contributed by atoms with van der Waals surface area (Å²) in [6.07, 6.45) is 0.269. The first kappa shape index (κ1) is 16.2. The monoisotopic (exact) mass is 295 g/mol. The van der Waals surface area contributed by atoms with Gasteiger partial charge in [-0.05, 0) is 18.1 Å². The van der Waals surface area contributed by atoms with E-state index in [0.717, 1.165) is 0 Å². The first-order valence-corrected chi connectivity index (χ1v) is 6.66. The summed E-state index contributed by atoms with van der Waals surface area (Å²) in [4.78, 5) is 18.1. The molecule has 0 atom stereocenters. The van der Waals surface area contributed by atoms with E-state index in [1.54, 1.807) is 17.0 Å². The molecule has 0 fully saturated rings. The molecule has 0 unspecified atom stereocenters. The van der Waals surface area contributed by atoms with Crippen molar-refractivity contribution in [2.24, 2.45) is 11.8 Å². The number of nitriles is 1. The van der Waals surface area contributed by atoms with Crippen LogP contribution in [-0.2, 0) is 0 Å². The lowest BCUT2D eigenvalue weighted by atomic mass is 10.2. The number of carbonyl (C=O) groups excluding carboxylic acids is 1. The van der Waals surface area contributed by atoms with Crippen LogP contribution in [0.25, 0.3) is 0 Å². The quantitative estimate of drug-likeness (QED) is 0.618. The maximum Gasteiger partial charge on any atom is 0.274 e. The molecule has 0 spiro atoms. The van der Waals surface area contributed by atoms with E-state index in [0.29, 0.717) is 18.9 Å². The van der Waals surface area contributed by atoms with Gasteiger partial charge in [-0.15, -0.1) is 0 Å². The number of halogens is 1. The molecule has 3 N–H and O–H groups in total. The van der Waals surface area contributed by atoms with E-state index < -0.39 is 0 Å². The number of amides is 1. The average molecular weight is 296 g/mol. The highest BCUT2D eigenvalue weighted by Crippen LogP contribution is 2.19. The second kappa shape index (κ2) is 7.68. The Balaban J connectivity index is 3.01. The number of nitrogens with two attached hydrogens (primary N) is 1. The van der Waals surface area contributed by atoms with Crippen LogP contribution in [-0.4, -0.2) is 28.9 Å². The Bertz CT molecular complexity index is 512. The predicted molar refractivity (Wildman–Crippen MR) is 78.0 cm³/mol. The molecule has 20 heavy (non-hydrogen) atoms. The Morgan fingerprint density at radius 2 is 2.30 bits per heavy atom. The Kier molecular flexibility index (Phi) is 6.22. The van der Waals surface area contributed by atoms with Crippen LogP contribution >= 0.6 is 11.6 Å². The van der Waals surface area contributed by atoms with Gasteiger partial charge in [0.15, 0.2) is 0 Å². The summed E-state index contributed by atoms with van der Waals surface area (Å²) in [5.41, 5.74) is 2.52. The lowest BCUT2D eigenvalue weighted by molar-refractivity contribution is 0.0734. The SMILES string of the molecule is CC(C)CN(CCC#N)C(=O)c1nc(NN)ccc1Cl. The molecule has 0 radical (unpaired) electrons. The summed E-state index contributed by atoms with van der Waals surface area (Å²) in [5, 5.41) is 8.95. The van der Waals surface area contributed by atoms with Gasteiger partial charge in [0.25, 0.3) is 5.91 Å². The van der Waals surface area contributed by atoms with Crippen molar-refractivity contribution < 1.29 is 4.79 Å². The predicted octanol–water partition coefficient (Wildman–Crippen LogP) is 2.03. The Morgan fingerprint density at radius 3 is 2.85 bits per heavy atom. The Labute approximate surface area is 123 Å². The second-order valence-corrected chi connectivity index (χ2v) is 5.13. The number of rotatable bonds is 6.